The van der Waals surface area contributed by atoms with Crippen LogP contribution in [-0.2, 0) is 20.7 Å². The van der Waals surface area contributed by atoms with E-state index in [1.807, 2.05) is 0 Å². The van der Waals surface area contributed by atoms with Crippen molar-refractivity contribution in [1.29, 1.82) is 0 Å². The fraction of sp³-hybridized carbons (Fsp3) is 0.200. The van der Waals surface area contributed by atoms with Crippen LogP contribution in [0.25, 0.3) is 6.08 Å². The number of esters is 2. The number of methoxy groups -OCH3 is 2. The van der Waals surface area contributed by atoms with Crippen LogP contribution < -0.4 is 9.47 Å². The van der Waals surface area contributed by atoms with Gasteiger partial charge in [0.1, 0.15) is 5.82 Å². The molecular weight excluding hydrogens is 339 g/mol. The van der Waals surface area contributed by atoms with E-state index in [0.29, 0.717) is 17.7 Å². The van der Waals surface area contributed by atoms with Crippen molar-refractivity contribution in [2.45, 2.75) is 12.8 Å². The largest absolute Gasteiger partial charge is 0.493 e. The van der Waals surface area contributed by atoms with Crippen molar-refractivity contribution >= 4 is 18.0 Å². The first-order valence-corrected chi connectivity index (χ1v) is 7.91. The number of carbonyl (C=O) groups excluding carboxylic acids is 2. The van der Waals surface area contributed by atoms with Crippen LogP contribution in [0, 0.1) is 5.82 Å². The predicted octanol–water partition coefficient (Wildman–Crippen LogP) is 3.56. The minimum atomic E-state index is -0.472. The van der Waals surface area contributed by atoms with Crippen LogP contribution in [0.15, 0.2) is 48.5 Å². The number of aryl methyl sites for hydroxylation is 1. The lowest BCUT2D eigenvalue weighted by Crippen LogP contribution is -2.10. The SMILES string of the molecule is COC(=O)/C=C/c1ccc(OC(=O)CCc2ccc(F)cc2)c(OC)c1. The van der Waals surface area contributed by atoms with Gasteiger partial charge in [0.15, 0.2) is 11.5 Å². The molecule has 0 amide bonds. The average Bonchev–Trinajstić information content (AvgIpc) is 2.66. The molecule has 2 aromatic carbocycles. The Kier molecular flexibility index (Phi) is 6.91. The molecule has 0 N–H and O–H groups in total. The van der Waals surface area contributed by atoms with Crippen LogP contribution in [0.1, 0.15) is 17.5 Å². The Morgan fingerprint density at radius 1 is 1.04 bits per heavy atom. The van der Waals surface area contributed by atoms with Crippen molar-refractivity contribution in [3.05, 3.63) is 65.5 Å². The summed E-state index contributed by atoms with van der Waals surface area (Å²) in [6.45, 7) is 0. The maximum atomic E-state index is 12.9. The minimum Gasteiger partial charge on any atom is -0.493 e. The van der Waals surface area contributed by atoms with Crippen molar-refractivity contribution < 1.29 is 28.2 Å². The first-order valence-electron chi connectivity index (χ1n) is 7.91. The summed E-state index contributed by atoms with van der Waals surface area (Å²) in [5.74, 6) is -0.563. The Morgan fingerprint density at radius 2 is 1.77 bits per heavy atom. The smallest absolute Gasteiger partial charge is 0.330 e. The molecule has 0 aliphatic heterocycles. The normalized spacial score (nSPS) is 10.6. The van der Waals surface area contributed by atoms with E-state index in [9.17, 15) is 14.0 Å². The van der Waals surface area contributed by atoms with Gasteiger partial charge >= 0.3 is 11.9 Å². The van der Waals surface area contributed by atoms with E-state index in [1.165, 1.54) is 32.4 Å². The molecule has 0 unspecified atom stereocenters. The third kappa shape index (κ3) is 5.73. The highest BCUT2D eigenvalue weighted by atomic mass is 19.1. The average molecular weight is 358 g/mol. The van der Waals surface area contributed by atoms with Gasteiger partial charge in [-0.05, 0) is 47.9 Å². The summed E-state index contributed by atoms with van der Waals surface area (Å²) in [6.07, 6.45) is 3.44. The molecule has 0 spiro atoms. The standard InChI is InChI=1S/C20H19FO5/c1-24-18-13-15(7-11-19(22)25-2)5-10-17(18)26-20(23)12-6-14-3-8-16(21)9-4-14/h3-5,7-11,13H,6,12H2,1-2H3/b11-7+. The van der Waals surface area contributed by atoms with Gasteiger partial charge < -0.3 is 14.2 Å². The van der Waals surface area contributed by atoms with Gasteiger partial charge in [0.25, 0.3) is 0 Å². The molecule has 0 aliphatic rings. The van der Waals surface area contributed by atoms with Crippen LogP contribution in [0.5, 0.6) is 11.5 Å². The van der Waals surface area contributed by atoms with Gasteiger partial charge in [-0.1, -0.05) is 18.2 Å². The molecule has 0 saturated carbocycles. The number of benzene rings is 2. The molecule has 0 saturated heterocycles. The number of ether oxygens (including phenoxy) is 3. The highest BCUT2D eigenvalue weighted by molar-refractivity contribution is 5.87. The molecule has 26 heavy (non-hydrogen) atoms. The Bertz CT molecular complexity index is 796. The van der Waals surface area contributed by atoms with Crippen LogP contribution in [0.2, 0.25) is 0 Å². The van der Waals surface area contributed by atoms with Gasteiger partial charge in [-0.15, -0.1) is 0 Å². The second-order valence-electron chi connectivity index (χ2n) is 5.37. The maximum absolute atomic E-state index is 12.9. The van der Waals surface area contributed by atoms with Gasteiger partial charge in [0.05, 0.1) is 14.2 Å². The molecule has 0 fully saturated rings. The van der Waals surface area contributed by atoms with Gasteiger partial charge in [-0.3, -0.25) is 4.79 Å². The lowest BCUT2D eigenvalue weighted by molar-refractivity contribution is -0.135. The second-order valence-corrected chi connectivity index (χ2v) is 5.37. The second kappa shape index (κ2) is 9.36. The zero-order chi connectivity index (χ0) is 18.9. The van der Waals surface area contributed by atoms with E-state index in [1.54, 1.807) is 36.4 Å². The highest BCUT2D eigenvalue weighted by Crippen LogP contribution is 2.29. The molecule has 2 rings (SSSR count). The van der Waals surface area contributed by atoms with Crippen molar-refractivity contribution in [3.8, 4) is 11.5 Å². The van der Waals surface area contributed by atoms with E-state index < -0.39 is 11.9 Å². The predicted molar refractivity (Wildman–Crippen MR) is 94.4 cm³/mol. The van der Waals surface area contributed by atoms with E-state index in [0.717, 1.165) is 5.56 Å². The van der Waals surface area contributed by atoms with Crippen molar-refractivity contribution in [1.82, 2.24) is 0 Å². The zero-order valence-electron chi connectivity index (χ0n) is 14.5. The lowest BCUT2D eigenvalue weighted by Gasteiger charge is -2.10. The Balaban J connectivity index is 1.99. The summed E-state index contributed by atoms with van der Waals surface area (Å²) in [5, 5.41) is 0. The Labute approximate surface area is 151 Å². The van der Waals surface area contributed by atoms with Crippen LogP contribution in [-0.4, -0.2) is 26.2 Å². The molecule has 0 atom stereocenters. The highest BCUT2D eigenvalue weighted by Gasteiger charge is 2.11. The van der Waals surface area contributed by atoms with Crippen LogP contribution >= 0.6 is 0 Å². The first kappa shape index (κ1) is 19.2. The zero-order valence-corrected chi connectivity index (χ0v) is 14.5. The molecule has 6 heteroatoms. The number of hydrogen-bond acceptors (Lipinski definition) is 5. The molecule has 136 valence electrons. The molecule has 0 aliphatic carbocycles. The Hall–Kier alpha value is -3.15. The van der Waals surface area contributed by atoms with Gasteiger partial charge in [-0.2, -0.15) is 0 Å². The number of rotatable bonds is 7. The van der Waals surface area contributed by atoms with E-state index >= 15 is 0 Å². The monoisotopic (exact) mass is 358 g/mol. The van der Waals surface area contributed by atoms with Crippen LogP contribution in [0.4, 0.5) is 4.39 Å². The van der Waals surface area contributed by atoms with Gasteiger partial charge in [0.2, 0.25) is 0 Å². The third-order valence-electron chi connectivity index (χ3n) is 3.56. The lowest BCUT2D eigenvalue weighted by atomic mass is 10.1. The van der Waals surface area contributed by atoms with Gasteiger partial charge in [-0.25, -0.2) is 9.18 Å². The third-order valence-corrected chi connectivity index (χ3v) is 3.56. The molecule has 0 aromatic heterocycles. The number of carbonyl (C=O) groups is 2. The molecule has 0 radical (unpaired) electrons. The summed E-state index contributed by atoms with van der Waals surface area (Å²) in [5.41, 5.74) is 1.54. The maximum Gasteiger partial charge on any atom is 0.330 e. The number of halogens is 1. The van der Waals surface area contributed by atoms with Crippen LogP contribution in [0.3, 0.4) is 0 Å². The topological polar surface area (TPSA) is 61.8 Å². The summed E-state index contributed by atoms with van der Waals surface area (Å²) < 4.78 is 28.0. The fourth-order valence-electron chi connectivity index (χ4n) is 2.18. The van der Waals surface area contributed by atoms with Crippen molar-refractivity contribution in [2.24, 2.45) is 0 Å². The first-order chi connectivity index (χ1) is 12.5. The number of hydrogen-bond donors (Lipinski definition) is 0. The van der Waals surface area contributed by atoms with Crippen molar-refractivity contribution in [3.63, 3.8) is 0 Å². The summed E-state index contributed by atoms with van der Waals surface area (Å²) >= 11 is 0. The van der Waals surface area contributed by atoms with Crippen molar-refractivity contribution in [2.75, 3.05) is 14.2 Å². The molecule has 0 heterocycles. The summed E-state index contributed by atoms with van der Waals surface area (Å²) in [6, 6.07) is 10.9. The molecular formula is C20H19FO5. The Morgan fingerprint density at radius 3 is 2.42 bits per heavy atom. The minimum absolute atomic E-state index is 0.152. The van der Waals surface area contributed by atoms with E-state index in [-0.39, 0.29) is 18.0 Å². The van der Waals surface area contributed by atoms with E-state index in [4.69, 9.17) is 9.47 Å². The molecule has 2 aromatic rings. The molecule has 0 bridgehead atoms. The van der Waals surface area contributed by atoms with E-state index in [2.05, 4.69) is 4.74 Å². The summed E-state index contributed by atoms with van der Waals surface area (Å²) in [7, 11) is 2.75. The van der Waals surface area contributed by atoms with Gasteiger partial charge in [0, 0.05) is 12.5 Å². The fourth-order valence-corrected chi connectivity index (χ4v) is 2.18. The molecule has 5 nitrogen and oxygen atoms in total. The quantitative estimate of drug-likeness (QED) is 0.430. The summed E-state index contributed by atoms with van der Waals surface area (Å²) in [4.78, 5) is 23.2.